The van der Waals surface area contributed by atoms with Crippen LogP contribution in [0.2, 0.25) is 0 Å². The zero-order valence-electron chi connectivity index (χ0n) is 11.8. The fourth-order valence-electron chi connectivity index (χ4n) is 1.90. The van der Waals surface area contributed by atoms with Gasteiger partial charge >= 0.3 is 0 Å². The van der Waals surface area contributed by atoms with Crippen molar-refractivity contribution >= 4 is 11.5 Å². The highest BCUT2D eigenvalue weighted by Gasteiger charge is 2.19. The van der Waals surface area contributed by atoms with Crippen LogP contribution in [-0.4, -0.2) is 18.6 Å². The monoisotopic (exact) mass is 269 g/mol. The van der Waals surface area contributed by atoms with Crippen molar-refractivity contribution in [3.05, 3.63) is 65.7 Å². The van der Waals surface area contributed by atoms with Gasteiger partial charge in [0.25, 0.3) is 0 Å². The molecule has 0 aliphatic carbocycles. The molecule has 0 fully saturated rings. The van der Waals surface area contributed by atoms with Crippen molar-refractivity contribution in [2.75, 3.05) is 11.9 Å². The van der Waals surface area contributed by atoms with Crippen molar-refractivity contribution in [1.29, 1.82) is 0 Å². The first-order valence-electron chi connectivity index (χ1n) is 6.75. The molecule has 2 aromatic carbocycles. The smallest absolute Gasteiger partial charge is 0.212 e. The minimum absolute atomic E-state index is 0.0620. The quantitative estimate of drug-likeness (QED) is 0.642. The van der Waals surface area contributed by atoms with Crippen molar-refractivity contribution < 1.29 is 9.53 Å². The molecule has 2 aromatic rings. The number of carbonyl (C=O) groups excluding carboxylic acids is 1. The number of nitrogens with one attached hydrogen (secondary N) is 1. The number of anilines is 1. The number of rotatable bonds is 6. The fourth-order valence-corrected chi connectivity index (χ4v) is 1.90. The Balaban J connectivity index is 2.14. The number of benzene rings is 2. The highest BCUT2D eigenvalue weighted by molar-refractivity contribution is 6.00. The minimum Gasteiger partial charge on any atom is -0.354 e. The number of ketones is 1. The second-order valence-electron chi connectivity index (χ2n) is 4.58. The summed E-state index contributed by atoms with van der Waals surface area (Å²) >= 11 is 0. The van der Waals surface area contributed by atoms with Crippen molar-refractivity contribution in [2.45, 2.75) is 20.1 Å². The Morgan fingerprint density at radius 1 is 1.10 bits per heavy atom. The van der Waals surface area contributed by atoms with E-state index in [0.29, 0.717) is 12.2 Å². The van der Waals surface area contributed by atoms with E-state index in [0.717, 1.165) is 5.69 Å². The summed E-state index contributed by atoms with van der Waals surface area (Å²) in [6.07, 6.45) is -0.662. The summed E-state index contributed by atoms with van der Waals surface area (Å²) in [6.45, 7) is 4.38. The molecule has 0 aliphatic heterocycles. The molecular formula is C17H19NO2. The van der Waals surface area contributed by atoms with Gasteiger partial charge in [0, 0.05) is 17.9 Å². The van der Waals surface area contributed by atoms with Crippen LogP contribution in [0.25, 0.3) is 0 Å². The van der Waals surface area contributed by atoms with Gasteiger partial charge < -0.3 is 10.1 Å². The standard InChI is InChI=1S/C17H19NO2/c1-3-20-17(16(19)14-7-5-4-6-8-14)18-15-11-9-13(2)10-12-15/h4-12,17-18H,3H2,1-2H3. The molecule has 104 valence electrons. The summed E-state index contributed by atoms with van der Waals surface area (Å²) in [7, 11) is 0. The second kappa shape index (κ2) is 6.87. The molecule has 0 saturated carbocycles. The summed E-state index contributed by atoms with van der Waals surface area (Å²) in [6, 6.07) is 17.1. The SMILES string of the molecule is CCOC(Nc1ccc(C)cc1)C(=O)c1ccccc1. The molecule has 0 aliphatic rings. The van der Waals surface area contributed by atoms with Gasteiger partial charge in [0.1, 0.15) is 0 Å². The Labute approximate surface area is 119 Å². The van der Waals surface area contributed by atoms with E-state index in [2.05, 4.69) is 5.32 Å². The van der Waals surface area contributed by atoms with Gasteiger partial charge in [-0.05, 0) is 26.0 Å². The Hall–Kier alpha value is -2.13. The van der Waals surface area contributed by atoms with Crippen molar-refractivity contribution in [1.82, 2.24) is 0 Å². The minimum atomic E-state index is -0.662. The van der Waals surface area contributed by atoms with Gasteiger partial charge in [0.15, 0.2) is 6.23 Å². The van der Waals surface area contributed by atoms with Crippen LogP contribution in [0, 0.1) is 6.92 Å². The average molecular weight is 269 g/mol. The zero-order chi connectivity index (χ0) is 14.4. The Bertz CT molecular complexity index is 549. The van der Waals surface area contributed by atoms with E-state index >= 15 is 0 Å². The van der Waals surface area contributed by atoms with Gasteiger partial charge in [-0.2, -0.15) is 0 Å². The Kier molecular flexibility index (Phi) is 4.91. The molecule has 2 rings (SSSR count). The molecule has 3 nitrogen and oxygen atoms in total. The highest BCUT2D eigenvalue weighted by atomic mass is 16.5. The molecule has 1 atom stereocenters. The van der Waals surface area contributed by atoms with Gasteiger partial charge in [0.2, 0.25) is 5.78 Å². The van der Waals surface area contributed by atoms with Gasteiger partial charge in [0.05, 0.1) is 0 Å². The second-order valence-corrected chi connectivity index (χ2v) is 4.58. The number of Topliss-reactive ketones (excluding diaryl/α,β-unsaturated/α-hetero) is 1. The van der Waals surface area contributed by atoms with Crippen LogP contribution >= 0.6 is 0 Å². The molecule has 3 heteroatoms. The van der Waals surface area contributed by atoms with E-state index in [4.69, 9.17) is 4.74 Å². The first-order valence-corrected chi connectivity index (χ1v) is 6.75. The van der Waals surface area contributed by atoms with E-state index in [9.17, 15) is 4.79 Å². The van der Waals surface area contributed by atoms with Gasteiger partial charge in [-0.1, -0.05) is 48.0 Å². The average Bonchev–Trinajstić information content (AvgIpc) is 2.49. The molecule has 20 heavy (non-hydrogen) atoms. The molecule has 0 radical (unpaired) electrons. The van der Waals surface area contributed by atoms with Crippen LogP contribution in [0.15, 0.2) is 54.6 Å². The molecule has 1 N–H and O–H groups in total. The fraction of sp³-hybridized carbons (Fsp3) is 0.235. The maximum absolute atomic E-state index is 12.4. The van der Waals surface area contributed by atoms with E-state index in [-0.39, 0.29) is 5.78 Å². The van der Waals surface area contributed by atoms with Gasteiger partial charge in [-0.15, -0.1) is 0 Å². The molecule has 1 unspecified atom stereocenters. The number of carbonyl (C=O) groups is 1. The predicted octanol–water partition coefficient (Wildman–Crippen LogP) is 3.65. The predicted molar refractivity (Wildman–Crippen MR) is 81.0 cm³/mol. The van der Waals surface area contributed by atoms with E-state index in [1.807, 2.05) is 56.3 Å². The molecule has 0 aromatic heterocycles. The third-order valence-corrected chi connectivity index (χ3v) is 2.98. The third-order valence-electron chi connectivity index (χ3n) is 2.98. The van der Waals surface area contributed by atoms with E-state index in [1.54, 1.807) is 12.1 Å². The summed E-state index contributed by atoms with van der Waals surface area (Å²) in [5.41, 5.74) is 2.70. The van der Waals surface area contributed by atoms with E-state index in [1.165, 1.54) is 5.56 Å². The summed E-state index contributed by atoms with van der Waals surface area (Å²) in [5, 5.41) is 3.13. The van der Waals surface area contributed by atoms with Crippen LogP contribution in [0.3, 0.4) is 0 Å². The zero-order valence-corrected chi connectivity index (χ0v) is 11.8. The van der Waals surface area contributed by atoms with Crippen LogP contribution in [-0.2, 0) is 4.74 Å². The third kappa shape index (κ3) is 3.68. The molecule has 0 saturated heterocycles. The van der Waals surface area contributed by atoms with Crippen LogP contribution in [0.4, 0.5) is 5.69 Å². The van der Waals surface area contributed by atoms with Crippen LogP contribution < -0.4 is 5.32 Å². The maximum Gasteiger partial charge on any atom is 0.212 e. The largest absolute Gasteiger partial charge is 0.354 e. The normalized spacial score (nSPS) is 11.9. The Morgan fingerprint density at radius 3 is 2.35 bits per heavy atom. The first kappa shape index (κ1) is 14.3. The molecule has 0 heterocycles. The lowest BCUT2D eigenvalue weighted by atomic mass is 10.1. The number of ether oxygens (including phenoxy) is 1. The van der Waals surface area contributed by atoms with Crippen molar-refractivity contribution in [2.24, 2.45) is 0 Å². The van der Waals surface area contributed by atoms with Gasteiger partial charge in [-0.25, -0.2) is 0 Å². The lowest BCUT2D eigenvalue weighted by Gasteiger charge is -2.18. The van der Waals surface area contributed by atoms with Crippen LogP contribution in [0.1, 0.15) is 22.8 Å². The topological polar surface area (TPSA) is 38.3 Å². The first-order chi connectivity index (χ1) is 9.70. The van der Waals surface area contributed by atoms with Gasteiger partial charge in [-0.3, -0.25) is 4.79 Å². The van der Waals surface area contributed by atoms with Crippen molar-refractivity contribution in [3.8, 4) is 0 Å². The lowest BCUT2D eigenvalue weighted by Crippen LogP contribution is -2.32. The lowest BCUT2D eigenvalue weighted by molar-refractivity contribution is 0.0549. The highest BCUT2D eigenvalue weighted by Crippen LogP contribution is 2.13. The summed E-state index contributed by atoms with van der Waals surface area (Å²) in [4.78, 5) is 12.4. The number of hydrogen-bond acceptors (Lipinski definition) is 3. The number of hydrogen-bond donors (Lipinski definition) is 1. The molecular weight excluding hydrogens is 250 g/mol. The molecule has 0 spiro atoms. The molecule has 0 amide bonds. The molecule has 0 bridgehead atoms. The van der Waals surface area contributed by atoms with E-state index < -0.39 is 6.23 Å². The Morgan fingerprint density at radius 2 is 1.75 bits per heavy atom. The summed E-state index contributed by atoms with van der Waals surface area (Å²) < 4.78 is 5.53. The summed E-state index contributed by atoms with van der Waals surface area (Å²) in [5.74, 6) is -0.0620. The van der Waals surface area contributed by atoms with Crippen LogP contribution in [0.5, 0.6) is 0 Å². The number of aryl methyl sites for hydroxylation is 1. The van der Waals surface area contributed by atoms with Crippen molar-refractivity contribution in [3.63, 3.8) is 0 Å². The maximum atomic E-state index is 12.4.